The van der Waals surface area contributed by atoms with Crippen molar-refractivity contribution in [2.75, 3.05) is 31.5 Å². The van der Waals surface area contributed by atoms with Crippen LogP contribution >= 0.6 is 0 Å². The summed E-state index contributed by atoms with van der Waals surface area (Å²) in [5, 5.41) is 3.45. The van der Waals surface area contributed by atoms with E-state index in [0.29, 0.717) is 29.5 Å². The maximum atomic E-state index is 13.4. The SMILES string of the molecule is CCCC(C)C1CNCCCN1C(=O)c1cccc(NS(=O)(=O)c2ccc(OC)cc2)c1. The highest BCUT2D eigenvalue weighted by Gasteiger charge is 2.30. The third kappa shape index (κ3) is 5.81. The minimum absolute atomic E-state index is 0.0628. The molecule has 0 radical (unpaired) electrons. The zero-order valence-corrected chi connectivity index (χ0v) is 19.8. The molecule has 32 heavy (non-hydrogen) atoms. The van der Waals surface area contributed by atoms with Gasteiger partial charge < -0.3 is 15.0 Å². The molecule has 174 valence electrons. The molecule has 1 amide bonds. The summed E-state index contributed by atoms with van der Waals surface area (Å²) in [6.07, 6.45) is 3.02. The molecule has 2 N–H and O–H groups in total. The maximum Gasteiger partial charge on any atom is 0.261 e. The average Bonchev–Trinajstić information content (AvgIpc) is 3.05. The Hall–Kier alpha value is -2.58. The van der Waals surface area contributed by atoms with Crippen LogP contribution in [0, 0.1) is 5.92 Å². The second-order valence-electron chi connectivity index (χ2n) is 8.25. The lowest BCUT2D eigenvalue weighted by atomic mass is 9.95. The van der Waals surface area contributed by atoms with E-state index < -0.39 is 10.0 Å². The number of carbonyl (C=O) groups is 1. The Morgan fingerprint density at radius 1 is 1.25 bits per heavy atom. The fraction of sp³-hybridized carbons (Fsp3) is 0.458. The molecule has 1 heterocycles. The third-order valence-electron chi connectivity index (χ3n) is 5.90. The van der Waals surface area contributed by atoms with Gasteiger partial charge in [-0.1, -0.05) is 26.3 Å². The molecule has 1 fully saturated rings. The first-order valence-corrected chi connectivity index (χ1v) is 12.6. The van der Waals surface area contributed by atoms with E-state index in [-0.39, 0.29) is 16.8 Å². The Balaban J connectivity index is 1.81. The van der Waals surface area contributed by atoms with Crippen molar-refractivity contribution in [1.82, 2.24) is 10.2 Å². The molecule has 3 rings (SSSR count). The lowest BCUT2D eigenvalue weighted by Crippen LogP contribution is -2.47. The molecule has 8 heteroatoms. The van der Waals surface area contributed by atoms with E-state index in [4.69, 9.17) is 4.74 Å². The number of rotatable bonds is 8. The first-order valence-electron chi connectivity index (χ1n) is 11.1. The van der Waals surface area contributed by atoms with E-state index in [9.17, 15) is 13.2 Å². The largest absolute Gasteiger partial charge is 0.497 e. The van der Waals surface area contributed by atoms with Gasteiger partial charge in [0.25, 0.3) is 15.9 Å². The Kier molecular flexibility index (Phi) is 8.15. The Morgan fingerprint density at radius 2 is 2.00 bits per heavy atom. The second kappa shape index (κ2) is 10.8. The molecule has 0 spiro atoms. The molecule has 2 aromatic carbocycles. The van der Waals surface area contributed by atoms with E-state index in [1.807, 2.05) is 4.90 Å². The Morgan fingerprint density at radius 3 is 2.69 bits per heavy atom. The van der Waals surface area contributed by atoms with Gasteiger partial charge in [0.15, 0.2) is 0 Å². The summed E-state index contributed by atoms with van der Waals surface area (Å²) in [4.78, 5) is 15.5. The number of hydrogen-bond acceptors (Lipinski definition) is 5. The monoisotopic (exact) mass is 459 g/mol. The Labute approximate surface area is 191 Å². The van der Waals surface area contributed by atoms with E-state index in [2.05, 4.69) is 23.9 Å². The number of ether oxygens (including phenoxy) is 1. The van der Waals surface area contributed by atoms with Gasteiger partial charge in [-0.2, -0.15) is 0 Å². The summed E-state index contributed by atoms with van der Waals surface area (Å²) in [5.41, 5.74) is 0.841. The van der Waals surface area contributed by atoms with Crippen LogP contribution in [0.2, 0.25) is 0 Å². The Bertz CT molecular complexity index is 1010. The lowest BCUT2D eigenvalue weighted by molar-refractivity contribution is 0.0630. The van der Waals surface area contributed by atoms with Crippen molar-refractivity contribution in [1.29, 1.82) is 0 Å². The number of nitrogens with one attached hydrogen (secondary N) is 2. The molecule has 1 aliphatic heterocycles. The van der Waals surface area contributed by atoms with Crippen LogP contribution < -0.4 is 14.8 Å². The van der Waals surface area contributed by atoms with Gasteiger partial charge in [-0.25, -0.2) is 8.42 Å². The second-order valence-corrected chi connectivity index (χ2v) is 9.93. The summed E-state index contributed by atoms with van der Waals surface area (Å²) >= 11 is 0. The van der Waals surface area contributed by atoms with E-state index in [0.717, 1.165) is 32.4 Å². The van der Waals surface area contributed by atoms with Crippen LogP contribution in [0.25, 0.3) is 0 Å². The molecule has 1 saturated heterocycles. The van der Waals surface area contributed by atoms with Crippen molar-refractivity contribution in [3.63, 3.8) is 0 Å². The van der Waals surface area contributed by atoms with Crippen molar-refractivity contribution in [3.05, 3.63) is 54.1 Å². The summed E-state index contributed by atoms with van der Waals surface area (Å²) in [5.74, 6) is 0.897. The van der Waals surface area contributed by atoms with Crippen LogP contribution in [0.5, 0.6) is 5.75 Å². The number of hydrogen-bond donors (Lipinski definition) is 2. The number of amides is 1. The summed E-state index contributed by atoms with van der Waals surface area (Å²) in [7, 11) is -2.26. The van der Waals surface area contributed by atoms with E-state index >= 15 is 0 Å². The zero-order valence-electron chi connectivity index (χ0n) is 19.0. The van der Waals surface area contributed by atoms with Crippen LogP contribution in [0.15, 0.2) is 53.4 Å². The highest BCUT2D eigenvalue weighted by atomic mass is 32.2. The molecular weight excluding hydrogens is 426 g/mol. The zero-order chi connectivity index (χ0) is 23.1. The molecule has 2 aromatic rings. The molecule has 0 saturated carbocycles. The van der Waals surface area contributed by atoms with Crippen molar-refractivity contribution >= 4 is 21.6 Å². The third-order valence-corrected chi connectivity index (χ3v) is 7.30. The van der Waals surface area contributed by atoms with Crippen molar-refractivity contribution in [2.24, 2.45) is 5.92 Å². The predicted molar refractivity (Wildman–Crippen MR) is 127 cm³/mol. The molecule has 2 unspecified atom stereocenters. The van der Waals surface area contributed by atoms with Gasteiger partial charge in [0.05, 0.1) is 12.0 Å². The lowest BCUT2D eigenvalue weighted by Gasteiger charge is -2.34. The highest BCUT2D eigenvalue weighted by Crippen LogP contribution is 2.23. The van der Waals surface area contributed by atoms with Gasteiger partial charge in [0.1, 0.15) is 5.75 Å². The van der Waals surface area contributed by atoms with Crippen LogP contribution in [-0.4, -0.2) is 52.0 Å². The van der Waals surface area contributed by atoms with Crippen LogP contribution in [0.3, 0.4) is 0 Å². The van der Waals surface area contributed by atoms with Gasteiger partial charge in [-0.05, 0) is 67.8 Å². The predicted octanol–water partition coefficient (Wildman–Crippen LogP) is 3.74. The number of benzene rings is 2. The molecule has 0 bridgehead atoms. The molecule has 2 atom stereocenters. The van der Waals surface area contributed by atoms with Gasteiger partial charge in [-0.3, -0.25) is 9.52 Å². The normalized spacial score (nSPS) is 18.0. The minimum Gasteiger partial charge on any atom is -0.497 e. The van der Waals surface area contributed by atoms with Crippen molar-refractivity contribution < 1.29 is 17.9 Å². The summed E-state index contributed by atoms with van der Waals surface area (Å²) in [6.45, 7) is 6.70. The molecule has 1 aliphatic rings. The fourth-order valence-corrected chi connectivity index (χ4v) is 5.21. The van der Waals surface area contributed by atoms with Crippen LogP contribution in [-0.2, 0) is 10.0 Å². The quantitative estimate of drug-likeness (QED) is 0.628. The molecule has 7 nitrogen and oxygen atoms in total. The van der Waals surface area contributed by atoms with Crippen LogP contribution in [0.4, 0.5) is 5.69 Å². The number of carbonyl (C=O) groups excluding carboxylic acids is 1. The first kappa shape index (κ1) is 24.1. The highest BCUT2D eigenvalue weighted by molar-refractivity contribution is 7.92. The first-order chi connectivity index (χ1) is 15.4. The van der Waals surface area contributed by atoms with Gasteiger partial charge in [-0.15, -0.1) is 0 Å². The maximum absolute atomic E-state index is 13.4. The van der Waals surface area contributed by atoms with E-state index in [1.165, 1.54) is 19.2 Å². The number of nitrogens with zero attached hydrogens (tertiary/aromatic N) is 1. The van der Waals surface area contributed by atoms with Gasteiger partial charge in [0, 0.05) is 30.4 Å². The van der Waals surface area contributed by atoms with Crippen molar-refractivity contribution in [2.45, 2.75) is 44.0 Å². The average molecular weight is 460 g/mol. The topological polar surface area (TPSA) is 87.7 Å². The standard InChI is InChI=1S/C24H33N3O4S/c1-4-7-18(2)23-17-25-14-6-15-27(23)24(28)19-8-5-9-20(16-19)26-32(29,30)22-12-10-21(31-3)11-13-22/h5,8-13,16,18,23,25-26H,4,6-7,14-15,17H2,1-3H3. The van der Waals surface area contributed by atoms with Gasteiger partial charge in [0.2, 0.25) is 0 Å². The molecule has 0 aliphatic carbocycles. The molecule has 0 aromatic heterocycles. The molecular formula is C24H33N3O4S. The van der Waals surface area contributed by atoms with Gasteiger partial charge >= 0.3 is 0 Å². The van der Waals surface area contributed by atoms with E-state index in [1.54, 1.807) is 36.4 Å². The van der Waals surface area contributed by atoms with Crippen LogP contribution in [0.1, 0.15) is 43.5 Å². The number of methoxy groups -OCH3 is 1. The van der Waals surface area contributed by atoms with Crippen molar-refractivity contribution in [3.8, 4) is 5.75 Å². The summed E-state index contributed by atoms with van der Waals surface area (Å²) in [6, 6.07) is 13.0. The number of sulfonamides is 1. The summed E-state index contributed by atoms with van der Waals surface area (Å²) < 4.78 is 33.2. The fourth-order valence-electron chi connectivity index (χ4n) is 4.16. The number of anilines is 1. The smallest absolute Gasteiger partial charge is 0.261 e. The minimum atomic E-state index is -3.78.